The Labute approximate surface area is 211 Å². The number of nitrogens with one attached hydrogen (secondary N) is 3. The predicted molar refractivity (Wildman–Crippen MR) is 121 cm³/mol. The van der Waals surface area contributed by atoms with E-state index in [-0.39, 0.29) is 25.3 Å². The zero-order valence-electron chi connectivity index (χ0n) is 20.6. The van der Waals surface area contributed by atoms with Gasteiger partial charge in [0.2, 0.25) is 12.1 Å². The molecule has 1 saturated carbocycles. The summed E-state index contributed by atoms with van der Waals surface area (Å²) < 4.78 is 59.3. The first kappa shape index (κ1) is 28.4. The fourth-order valence-corrected chi connectivity index (χ4v) is 5.49. The Morgan fingerprint density at radius 1 is 1.05 bits per heavy atom. The second kappa shape index (κ2) is 10.5. The lowest BCUT2D eigenvalue weighted by molar-refractivity contribution is -0.482. The number of fused-ring (bicyclic) bond motifs is 2. The molecule has 3 aliphatic rings. The molecule has 10 unspecified atom stereocenters. The van der Waals surface area contributed by atoms with Crippen molar-refractivity contribution in [1.29, 1.82) is 0 Å². The van der Waals surface area contributed by atoms with E-state index in [1.165, 1.54) is 18.2 Å². The molecule has 0 aromatic heterocycles. The summed E-state index contributed by atoms with van der Waals surface area (Å²) in [5.74, 6) is -2.78. The quantitative estimate of drug-likeness (QED) is 0.227. The van der Waals surface area contributed by atoms with Gasteiger partial charge in [-0.3, -0.25) is 0 Å². The van der Waals surface area contributed by atoms with Crippen LogP contribution >= 0.6 is 0 Å². The van der Waals surface area contributed by atoms with Crippen LogP contribution in [0.2, 0.25) is 0 Å². The molecule has 2 heterocycles. The van der Waals surface area contributed by atoms with Gasteiger partial charge in [-0.1, -0.05) is 12.1 Å². The highest BCUT2D eigenvalue weighted by Crippen LogP contribution is 2.46. The number of alkyl halides is 3. The third-order valence-electron chi connectivity index (χ3n) is 7.23. The second-order valence-corrected chi connectivity index (χ2v) is 9.80. The SMILES string of the molecule is CNC1C(O)C(NC)C2OC3(O)C(OC(C)CC3(O)CNCc3cccc(OC(F)(F)F)c3)OC2C1O. The van der Waals surface area contributed by atoms with Gasteiger partial charge in [-0.25, -0.2) is 0 Å². The van der Waals surface area contributed by atoms with Crippen LogP contribution in [0.4, 0.5) is 13.2 Å². The molecule has 14 heteroatoms. The van der Waals surface area contributed by atoms with Crippen LogP contribution < -0.4 is 20.7 Å². The monoisotopic (exact) mass is 537 g/mol. The highest BCUT2D eigenvalue weighted by atomic mass is 19.4. The molecule has 1 aliphatic carbocycles. The highest BCUT2D eigenvalue weighted by Gasteiger charge is 2.68. The Kier molecular flexibility index (Phi) is 8.08. The maximum atomic E-state index is 12.5. The maximum Gasteiger partial charge on any atom is 0.573 e. The van der Waals surface area contributed by atoms with E-state index in [4.69, 9.17) is 14.2 Å². The highest BCUT2D eigenvalue weighted by molar-refractivity contribution is 5.28. The fraction of sp³-hybridized carbons (Fsp3) is 0.739. The van der Waals surface area contributed by atoms with Gasteiger partial charge in [0.15, 0.2) is 0 Å². The first-order chi connectivity index (χ1) is 17.3. The van der Waals surface area contributed by atoms with Gasteiger partial charge in [0, 0.05) is 19.5 Å². The minimum absolute atomic E-state index is 0.0423. The lowest BCUT2D eigenvalue weighted by Crippen LogP contribution is -2.81. The van der Waals surface area contributed by atoms with Gasteiger partial charge < -0.3 is 55.3 Å². The van der Waals surface area contributed by atoms with Crippen LogP contribution in [0.5, 0.6) is 5.75 Å². The third kappa shape index (κ3) is 5.45. The van der Waals surface area contributed by atoms with Crippen LogP contribution in [0.15, 0.2) is 24.3 Å². The molecule has 3 fully saturated rings. The summed E-state index contributed by atoms with van der Waals surface area (Å²) in [6, 6.07) is 3.83. The van der Waals surface area contributed by atoms with Crippen LogP contribution in [0, 0.1) is 0 Å². The molecule has 2 saturated heterocycles. The van der Waals surface area contributed by atoms with Crippen molar-refractivity contribution in [1.82, 2.24) is 16.0 Å². The Balaban J connectivity index is 1.52. The van der Waals surface area contributed by atoms with E-state index in [0.29, 0.717) is 5.56 Å². The van der Waals surface area contributed by atoms with Gasteiger partial charge in [0.1, 0.15) is 29.7 Å². The number of aliphatic hydroxyl groups is 4. The molecule has 1 aromatic rings. The second-order valence-electron chi connectivity index (χ2n) is 9.80. The van der Waals surface area contributed by atoms with E-state index in [0.717, 1.165) is 0 Å². The average molecular weight is 538 g/mol. The van der Waals surface area contributed by atoms with Gasteiger partial charge in [0.25, 0.3) is 0 Å². The van der Waals surface area contributed by atoms with Gasteiger partial charge in [-0.05, 0) is 38.7 Å². The fourth-order valence-electron chi connectivity index (χ4n) is 5.49. The molecule has 11 nitrogen and oxygen atoms in total. The Hall–Kier alpha value is -1.59. The summed E-state index contributed by atoms with van der Waals surface area (Å²) in [7, 11) is 3.16. The smallest absolute Gasteiger partial charge is 0.406 e. The van der Waals surface area contributed by atoms with E-state index in [9.17, 15) is 33.6 Å². The van der Waals surface area contributed by atoms with Crippen molar-refractivity contribution in [2.24, 2.45) is 0 Å². The van der Waals surface area contributed by atoms with Crippen LogP contribution in [-0.4, -0.2) is 108 Å². The standard InChI is InChI=1S/C23H34F3N3O8/c1-11-8-21(32,10-29-9-12-5-4-6-13(7-12)36-23(24,25)26)22(33)20(34-11)35-19-17(31)14(27-2)16(30)15(28-3)18(19)37-22/h4-7,11,14-20,27-33H,8-10H2,1-3H3. The lowest BCUT2D eigenvalue weighted by Gasteiger charge is -2.60. The number of aliphatic hydroxyl groups excluding tert-OH is 2. The number of benzene rings is 1. The van der Waals surface area contributed by atoms with Crippen molar-refractivity contribution in [2.45, 2.75) is 86.5 Å². The molecule has 10 atom stereocenters. The molecule has 7 N–H and O–H groups in total. The van der Waals surface area contributed by atoms with Crippen LogP contribution in [-0.2, 0) is 20.8 Å². The van der Waals surface area contributed by atoms with E-state index >= 15 is 0 Å². The van der Waals surface area contributed by atoms with E-state index in [1.807, 2.05) is 0 Å². The number of rotatable bonds is 7. The third-order valence-corrected chi connectivity index (χ3v) is 7.23. The molecule has 0 amide bonds. The maximum absolute atomic E-state index is 12.5. The molecule has 4 rings (SSSR count). The summed E-state index contributed by atoms with van der Waals surface area (Å²) in [4.78, 5) is 0. The first-order valence-corrected chi connectivity index (χ1v) is 12.0. The molecule has 37 heavy (non-hydrogen) atoms. The summed E-state index contributed by atoms with van der Waals surface area (Å²) in [6.07, 6.45) is -11.3. The van der Waals surface area contributed by atoms with Crippen LogP contribution in [0.1, 0.15) is 18.9 Å². The van der Waals surface area contributed by atoms with Gasteiger partial charge in [-0.15, -0.1) is 13.2 Å². The molecule has 0 spiro atoms. The van der Waals surface area contributed by atoms with Crippen molar-refractivity contribution in [3.8, 4) is 5.75 Å². The van der Waals surface area contributed by atoms with Crippen molar-refractivity contribution >= 4 is 0 Å². The van der Waals surface area contributed by atoms with E-state index < -0.39 is 66.6 Å². The number of hydrogen-bond acceptors (Lipinski definition) is 11. The summed E-state index contributed by atoms with van der Waals surface area (Å²) in [6.45, 7) is 1.47. The summed E-state index contributed by atoms with van der Waals surface area (Å²) in [5, 5.41) is 53.6. The Morgan fingerprint density at radius 3 is 2.41 bits per heavy atom. The van der Waals surface area contributed by atoms with Crippen molar-refractivity contribution in [3.63, 3.8) is 0 Å². The predicted octanol–water partition coefficient (Wildman–Crippen LogP) is -1.08. The number of ether oxygens (including phenoxy) is 4. The van der Waals surface area contributed by atoms with Gasteiger partial charge in [0.05, 0.1) is 24.3 Å². The van der Waals surface area contributed by atoms with Crippen molar-refractivity contribution in [2.75, 3.05) is 20.6 Å². The van der Waals surface area contributed by atoms with Gasteiger partial charge >= 0.3 is 6.36 Å². The summed E-state index contributed by atoms with van der Waals surface area (Å²) in [5.41, 5.74) is -1.52. The molecule has 0 radical (unpaired) electrons. The number of hydrogen-bond donors (Lipinski definition) is 7. The molecule has 1 aromatic carbocycles. The molecule has 2 aliphatic heterocycles. The lowest BCUT2D eigenvalue weighted by atomic mass is 9.77. The Bertz CT molecular complexity index is 945. The minimum atomic E-state index is -4.83. The molecular weight excluding hydrogens is 503 g/mol. The molecular formula is C23H34F3N3O8. The van der Waals surface area contributed by atoms with Crippen LogP contribution in [0.3, 0.4) is 0 Å². The average Bonchev–Trinajstić information content (AvgIpc) is 2.79. The molecule has 210 valence electrons. The van der Waals surface area contributed by atoms with E-state index in [2.05, 4.69) is 20.7 Å². The normalized spacial score (nSPS) is 42.1. The van der Waals surface area contributed by atoms with Crippen LogP contribution in [0.25, 0.3) is 0 Å². The van der Waals surface area contributed by atoms with Crippen molar-refractivity contribution in [3.05, 3.63) is 29.8 Å². The Morgan fingerprint density at radius 2 is 1.76 bits per heavy atom. The van der Waals surface area contributed by atoms with E-state index in [1.54, 1.807) is 27.1 Å². The minimum Gasteiger partial charge on any atom is -0.406 e. The zero-order valence-corrected chi connectivity index (χ0v) is 20.6. The first-order valence-electron chi connectivity index (χ1n) is 12.0. The molecule has 0 bridgehead atoms. The van der Waals surface area contributed by atoms with Crippen molar-refractivity contribution < 1.29 is 52.5 Å². The zero-order chi connectivity index (χ0) is 27.2. The number of likely N-dealkylation sites (N-methyl/N-ethyl adjacent to an activating group) is 2. The largest absolute Gasteiger partial charge is 0.573 e. The summed E-state index contributed by atoms with van der Waals surface area (Å²) >= 11 is 0. The number of halogens is 3. The van der Waals surface area contributed by atoms with Gasteiger partial charge in [-0.2, -0.15) is 0 Å². The topological polar surface area (TPSA) is 154 Å².